The largest absolute Gasteiger partial charge is 1.00 e. The van der Waals surface area contributed by atoms with Crippen molar-refractivity contribution in [2.75, 3.05) is 26.8 Å². The Morgan fingerprint density at radius 2 is 1.71 bits per heavy atom. The Balaban J connectivity index is 0.00000605. The summed E-state index contributed by atoms with van der Waals surface area (Å²) in [7, 11) is 1.22. The molecular formula is C39H46BrN5O7. The third-order valence-corrected chi connectivity index (χ3v) is 9.48. The van der Waals surface area contributed by atoms with Crippen molar-refractivity contribution < 1.29 is 55.0 Å². The molecule has 0 radical (unpaired) electrons. The van der Waals surface area contributed by atoms with Gasteiger partial charge in [0.05, 0.1) is 25.6 Å². The van der Waals surface area contributed by atoms with E-state index in [9.17, 15) is 14.4 Å². The van der Waals surface area contributed by atoms with Gasteiger partial charge in [-0.3, -0.25) is 19.2 Å². The summed E-state index contributed by atoms with van der Waals surface area (Å²) in [6, 6.07) is 17.2. The summed E-state index contributed by atoms with van der Waals surface area (Å²) >= 11 is 0. The van der Waals surface area contributed by atoms with E-state index < -0.39 is 58.3 Å². The molecule has 0 fully saturated rings. The second-order valence-corrected chi connectivity index (χ2v) is 14.1. The first kappa shape index (κ1) is 39.9. The highest BCUT2D eigenvalue weighted by atomic mass is 79.9. The molecule has 0 aromatic heterocycles. The number of rotatable bonds is 12. The van der Waals surface area contributed by atoms with Crippen molar-refractivity contribution >= 4 is 46.5 Å². The molecule has 0 aliphatic carbocycles. The van der Waals surface area contributed by atoms with Crippen LogP contribution in [0.15, 0.2) is 84.3 Å². The van der Waals surface area contributed by atoms with Gasteiger partial charge in [-0.1, -0.05) is 74.5 Å². The molecule has 3 atom stereocenters. The highest BCUT2D eigenvalue weighted by molar-refractivity contribution is 6.46. The average Bonchev–Trinajstić information content (AvgIpc) is 3.50. The summed E-state index contributed by atoms with van der Waals surface area (Å²) in [5.41, 5.74) is -3.56. The maximum Gasteiger partial charge on any atom is 0.416 e. The van der Waals surface area contributed by atoms with Crippen LogP contribution in [0.25, 0.3) is 5.57 Å². The van der Waals surface area contributed by atoms with Crippen LogP contribution in [0, 0.1) is 16.7 Å². The van der Waals surface area contributed by atoms with Crippen molar-refractivity contribution in [1.82, 2.24) is 16.0 Å². The number of esters is 1. The van der Waals surface area contributed by atoms with E-state index in [1.54, 1.807) is 62.8 Å². The molecule has 276 valence electrons. The van der Waals surface area contributed by atoms with E-state index in [0.717, 1.165) is 0 Å². The van der Waals surface area contributed by atoms with Crippen LogP contribution in [0.3, 0.4) is 0 Å². The number of amides is 2. The van der Waals surface area contributed by atoms with Crippen LogP contribution < -0.4 is 32.9 Å². The van der Waals surface area contributed by atoms with Gasteiger partial charge in [0.15, 0.2) is 12.2 Å². The summed E-state index contributed by atoms with van der Waals surface area (Å²) < 4.78 is 13.0. The number of hydrogen-bond acceptors (Lipinski definition) is 10. The Morgan fingerprint density at radius 1 is 1.06 bits per heavy atom. The number of benzene rings is 2. The number of methoxy groups -OCH3 is 1. The summed E-state index contributed by atoms with van der Waals surface area (Å²) in [5.74, 6) is -3.49. The van der Waals surface area contributed by atoms with Crippen molar-refractivity contribution in [3.05, 3.63) is 90.4 Å². The number of allylic oxidation sites excluding steroid dienone is 1. The van der Waals surface area contributed by atoms with Crippen LogP contribution in [0.1, 0.15) is 52.2 Å². The SMILES string of the molecule is COC(=O)CC1([C@](Cc2ccccc2)(C(=O)NCC(C)=O)C2=NC(C)(C)CO2)C(=O)C(C(C)C)=[N+](C(=O)[C@H]2CNC=CN2)C=C1c1ccccc1.[Br-]. The monoisotopic (exact) mass is 775 g/mol. The van der Waals surface area contributed by atoms with Crippen molar-refractivity contribution in [2.24, 2.45) is 21.7 Å². The summed E-state index contributed by atoms with van der Waals surface area (Å²) in [4.78, 5) is 77.0. The van der Waals surface area contributed by atoms with Gasteiger partial charge in [0.2, 0.25) is 23.3 Å². The highest BCUT2D eigenvalue weighted by Gasteiger charge is 2.71. The van der Waals surface area contributed by atoms with Crippen molar-refractivity contribution in [3.8, 4) is 0 Å². The number of carbonyl (C=O) groups is 5. The number of Topliss-reactive ketones (excluding diaryl/α,β-unsaturated/α-hetero) is 2. The number of aliphatic imine (C=N–C) groups is 1. The Morgan fingerprint density at radius 3 is 2.25 bits per heavy atom. The van der Waals surface area contributed by atoms with E-state index in [4.69, 9.17) is 14.5 Å². The molecule has 2 aromatic carbocycles. The molecule has 0 bridgehead atoms. The van der Waals surface area contributed by atoms with Gasteiger partial charge in [-0.15, -0.1) is 4.58 Å². The van der Waals surface area contributed by atoms with Crippen molar-refractivity contribution in [1.29, 1.82) is 0 Å². The predicted octanol–water partition coefficient (Wildman–Crippen LogP) is -0.0260. The second-order valence-electron chi connectivity index (χ2n) is 14.1. The molecule has 3 aliphatic heterocycles. The molecule has 5 rings (SSSR count). The first-order valence-corrected chi connectivity index (χ1v) is 17.1. The fourth-order valence-electron chi connectivity index (χ4n) is 7.09. The van der Waals surface area contributed by atoms with Gasteiger partial charge in [0.1, 0.15) is 23.2 Å². The molecular weight excluding hydrogens is 730 g/mol. The molecule has 2 amide bonds. The molecule has 2 aromatic rings. The van der Waals surface area contributed by atoms with Gasteiger partial charge in [-0.05, 0) is 38.3 Å². The van der Waals surface area contributed by atoms with Gasteiger partial charge in [-0.25, -0.2) is 9.79 Å². The number of nitrogens with zero attached hydrogens (tertiary/aromatic N) is 2. The number of halogens is 1. The standard InChI is InChI=1S/C39H45N5O7.BrH/c1-25(2)32-33(47)38(20-31(46)50-6,29(28-15-11-8-12-16-28)23-44(32)34(48)30-22-40-17-18-41-30)39(35(49)42-21-26(3)45,19-27-13-9-7-10-14-27)36-43-37(4,5)24-51-36;/h7-18,23,25,30H,19-22,24H2,1-6H3,(H2,42,47,49);1H/t30-,38?,39-;/m1./s1. The molecule has 3 heterocycles. The summed E-state index contributed by atoms with van der Waals surface area (Å²) in [6.45, 7) is 8.60. The first-order valence-electron chi connectivity index (χ1n) is 17.1. The fraction of sp³-hybridized carbons (Fsp3) is 0.410. The van der Waals surface area contributed by atoms with Crippen LogP contribution in [0.4, 0.5) is 0 Å². The lowest BCUT2D eigenvalue weighted by Crippen LogP contribution is -3.00. The minimum Gasteiger partial charge on any atom is -1.00 e. The van der Waals surface area contributed by atoms with Crippen molar-refractivity contribution in [3.63, 3.8) is 0 Å². The smallest absolute Gasteiger partial charge is 0.416 e. The maximum atomic E-state index is 16.0. The van der Waals surface area contributed by atoms with E-state index in [1.165, 1.54) is 18.6 Å². The van der Waals surface area contributed by atoms with Crippen LogP contribution in [-0.2, 0) is 39.9 Å². The number of carbonyl (C=O) groups excluding carboxylic acids is 5. The highest BCUT2D eigenvalue weighted by Crippen LogP contribution is 2.58. The number of ether oxygens (including phenoxy) is 2. The lowest BCUT2D eigenvalue weighted by molar-refractivity contribution is -0.387. The Hall–Kier alpha value is -4.91. The normalized spacial score (nSPS) is 21.7. The van der Waals surface area contributed by atoms with E-state index in [1.807, 2.05) is 44.2 Å². The molecule has 1 unspecified atom stereocenters. The molecule has 0 spiro atoms. The van der Waals surface area contributed by atoms with Gasteiger partial charge in [-0.2, -0.15) is 0 Å². The van der Waals surface area contributed by atoms with Crippen LogP contribution in [-0.4, -0.2) is 83.9 Å². The van der Waals surface area contributed by atoms with Gasteiger partial charge in [0, 0.05) is 30.4 Å². The van der Waals surface area contributed by atoms with Crippen LogP contribution in [0.5, 0.6) is 0 Å². The zero-order chi connectivity index (χ0) is 37.0. The lowest BCUT2D eigenvalue weighted by Gasteiger charge is -2.48. The summed E-state index contributed by atoms with van der Waals surface area (Å²) in [6.07, 6.45) is 4.12. The van der Waals surface area contributed by atoms with Crippen LogP contribution in [0.2, 0.25) is 0 Å². The van der Waals surface area contributed by atoms with Gasteiger partial charge in [0.25, 0.3) is 0 Å². The molecule has 13 heteroatoms. The van der Waals surface area contributed by atoms with Crippen LogP contribution >= 0.6 is 0 Å². The molecule has 3 N–H and O–H groups in total. The number of ketones is 2. The maximum absolute atomic E-state index is 16.0. The summed E-state index contributed by atoms with van der Waals surface area (Å²) in [5, 5.41) is 8.92. The zero-order valence-corrected chi connectivity index (χ0v) is 31.9. The average molecular weight is 777 g/mol. The molecule has 0 saturated heterocycles. The van der Waals surface area contributed by atoms with Crippen molar-refractivity contribution in [2.45, 2.75) is 59.0 Å². The van der Waals surface area contributed by atoms with Gasteiger partial charge < -0.3 is 42.4 Å². The van der Waals surface area contributed by atoms with Gasteiger partial charge >= 0.3 is 11.9 Å². The Kier molecular flexibility index (Phi) is 12.4. The van der Waals surface area contributed by atoms with E-state index in [2.05, 4.69) is 16.0 Å². The number of hydrogen-bond donors (Lipinski definition) is 3. The Labute approximate surface area is 314 Å². The molecule has 12 nitrogen and oxygen atoms in total. The fourth-order valence-corrected chi connectivity index (χ4v) is 7.09. The quantitative estimate of drug-likeness (QED) is 0.199. The zero-order valence-electron chi connectivity index (χ0n) is 30.3. The first-order chi connectivity index (χ1) is 24.3. The minimum absolute atomic E-state index is 0. The third kappa shape index (κ3) is 7.50. The van der Waals surface area contributed by atoms with E-state index >= 15 is 9.59 Å². The second kappa shape index (κ2) is 16.2. The third-order valence-electron chi connectivity index (χ3n) is 9.48. The number of nitrogens with one attached hydrogen (secondary N) is 3. The molecule has 52 heavy (non-hydrogen) atoms. The van der Waals surface area contributed by atoms with E-state index in [0.29, 0.717) is 11.1 Å². The molecule has 0 saturated carbocycles. The topological polar surface area (TPSA) is 155 Å². The predicted molar refractivity (Wildman–Crippen MR) is 191 cm³/mol. The minimum atomic E-state index is -2.11. The lowest BCUT2D eigenvalue weighted by atomic mass is 9.50. The van der Waals surface area contributed by atoms with E-state index in [-0.39, 0.29) is 66.1 Å². The Bertz CT molecular complexity index is 1840. The molecule has 3 aliphatic rings.